The smallest absolute Gasteiger partial charge is 0.323 e. The van der Waals surface area contributed by atoms with E-state index in [0.717, 1.165) is 0 Å². The van der Waals surface area contributed by atoms with Gasteiger partial charge in [0, 0.05) is 12.1 Å². The molecule has 0 saturated carbocycles. The van der Waals surface area contributed by atoms with Gasteiger partial charge in [0.2, 0.25) is 0 Å². The predicted molar refractivity (Wildman–Crippen MR) is 68.3 cm³/mol. The van der Waals surface area contributed by atoms with E-state index in [1.54, 1.807) is 0 Å². The number of aliphatic carboxylic acids is 1. The van der Waals surface area contributed by atoms with Gasteiger partial charge in [-0.1, -0.05) is 5.92 Å². The van der Waals surface area contributed by atoms with Gasteiger partial charge in [0.05, 0.1) is 18.6 Å². The third-order valence-corrected chi connectivity index (χ3v) is 2.33. The Labute approximate surface area is 109 Å². The number of nitro groups is 1. The summed E-state index contributed by atoms with van der Waals surface area (Å²) >= 11 is 0. The first-order valence-electron chi connectivity index (χ1n) is 5.22. The maximum absolute atomic E-state index is 11.0. The second kappa shape index (κ2) is 6.26. The van der Waals surface area contributed by atoms with Gasteiger partial charge < -0.3 is 14.7 Å². The molecule has 0 radical (unpaired) electrons. The van der Waals surface area contributed by atoms with Crippen molar-refractivity contribution in [3.05, 3.63) is 28.3 Å². The number of terminal acetylenes is 1. The zero-order chi connectivity index (χ0) is 14.4. The molecule has 1 aromatic rings. The van der Waals surface area contributed by atoms with Gasteiger partial charge in [-0.05, 0) is 6.07 Å². The maximum Gasteiger partial charge on any atom is 0.323 e. The lowest BCUT2D eigenvalue weighted by Gasteiger charge is -2.20. The highest BCUT2D eigenvalue weighted by atomic mass is 16.6. The Morgan fingerprint density at radius 1 is 1.63 bits per heavy atom. The second-order valence-electron chi connectivity index (χ2n) is 3.57. The number of hydrogen-bond acceptors (Lipinski definition) is 5. The fraction of sp³-hybridized carbons (Fsp3) is 0.250. The SMILES string of the molecule is C#CCN(CC(=O)O)c1cc(OC)ccc1[N+](=O)[O-]. The number of hydrogen-bond donors (Lipinski definition) is 1. The van der Waals surface area contributed by atoms with Crippen molar-refractivity contribution in [1.29, 1.82) is 0 Å². The first-order chi connectivity index (χ1) is 8.99. The standard InChI is InChI=1S/C12H12N2O5/c1-3-6-13(8-12(15)16)11-7-9(19-2)4-5-10(11)14(17)18/h1,4-5,7H,6,8H2,2H3,(H,15,16). The van der Waals surface area contributed by atoms with Crippen LogP contribution in [-0.4, -0.2) is 36.2 Å². The van der Waals surface area contributed by atoms with Gasteiger partial charge in [0.1, 0.15) is 18.0 Å². The summed E-state index contributed by atoms with van der Waals surface area (Å²) in [7, 11) is 1.41. The normalized spacial score (nSPS) is 9.47. The van der Waals surface area contributed by atoms with E-state index >= 15 is 0 Å². The minimum absolute atomic E-state index is 0.0553. The molecule has 1 rings (SSSR count). The van der Waals surface area contributed by atoms with Crippen LogP contribution < -0.4 is 9.64 Å². The van der Waals surface area contributed by atoms with Crippen LogP contribution in [0.15, 0.2) is 18.2 Å². The highest BCUT2D eigenvalue weighted by Crippen LogP contribution is 2.31. The van der Waals surface area contributed by atoms with Crippen molar-refractivity contribution in [2.24, 2.45) is 0 Å². The van der Waals surface area contributed by atoms with Crippen LogP contribution in [0, 0.1) is 22.5 Å². The molecule has 0 fully saturated rings. The lowest BCUT2D eigenvalue weighted by atomic mass is 10.2. The van der Waals surface area contributed by atoms with Gasteiger partial charge in [0.15, 0.2) is 0 Å². The zero-order valence-corrected chi connectivity index (χ0v) is 10.2. The van der Waals surface area contributed by atoms with Crippen LogP contribution in [0.2, 0.25) is 0 Å². The molecule has 1 N–H and O–H groups in total. The maximum atomic E-state index is 11.0. The van der Waals surface area contributed by atoms with E-state index in [1.807, 2.05) is 0 Å². The number of carboxylic acids is 1. The number of rotatable bonds is 6. The van der Waals surface area contributed by atoms with Crippen LogP contribution in [0.3, 0.4) is 0 Å². The quantitative estimate of drug-likeness (QED) is 0.470. The minimum atomic E-state index is -1.13. The Morgan fingerprint density at radius 3 is 2.79 bits per heavy atom. The molecule has 0 amide bonds. The van der Waals surface area contributed by atoms with Crippen molar-refractivity contribution in [3.63, 3.8) is 0 Å². The average Bonchev–Trinajstić information content (AvgIpc) is 2.36. The van der Waals surface area contributed by atoms with Crippen molar-refractivity contribution >= 4 is 17.3 Å². The molecule has 0 aliphatic carbocycles. The van der Waals surface area contributed by atoms with Gasteiger partial charge >= 0.3 is 5.97 Å². The van der Waals surface area contributed by atoms with E-state index < -0.39 is 17.4 Å². The molecule has 0 heterocycles. The molecular weight excluding hydrogens is 252 g/mol. The van der Waals surface area contributed by atoms with Crippen LogP contribution in [-0.2, 0) is 4.79 Å². The summed E-state index contributed by atoms with van der Waals surface area (Å²) in [4.78, 5) is 22.4. The number of carbonyl (C=O) groups is 1. The molecule has 0 saturated heterocycles. The van der Waals surface area contributed by atoms with Gasteiger partial charge in [-0.2, -0.15) is 0 Å². The van der Waals surface area contributed by atoms with Crippen molar-refractivity contribution in [2.75, 3.05) is 25.1 Å². The van der Waals surface area contributed by atoms with E-state index in [2.05, 4.69) is 5.92 Å². The van der Waals surface area contributed by atoms with Crippen molar-refractivity contribution in [3.8, 4) is 18.1 Å². The lowest BCUT2D eigenvalue weighted by Crippen LogP contribution is -2.30. The predicted octanol–water partition coefficient (Wildman–Crippen LogP) is 1.13. The molecule has 7 nitrogen and oxygen atoms in total. The van der Waals surface area contributed by atoms with E-state index in [4.69, 9.17) is 16.3 Å². The van der Waals surface area contributed by atoms with Crippen molar-refractivity contribution < 1.29 is 19.6 Å². The molecule has 1 aromatic carbocycles. The summed E-state index contributed by atoms with van der Waals surface area (Å²) in [6.45, 7) is -0.488. The van der Waals surface area contributed by atoms with E-state index in [9.17, 15) is 14.9 Å². The minimum Gasteiger partial charge on any atom is -0.497 e. The summed E-state index contributed by atoms with van der Waals surface area (Å²) in [6.07, 6.45) is 5.15. The summed E-state index contributed by atoms with van der Waals surface area (Å²) in [5.74, 6) is 1.52. The molecule has 0 atom stereocenters. The number of methoxy groups -OCH3 is 1. The highest BCUT2D eigenvalue weighted by Gasteiger charge is 2.21. The Kier molecular flexibility index (Phi) is 4.71. The molecule has 0 bridgehead atoms. The lowest BCUT2D eigenvalue weighted by molar-refractivity contribution is -0.384. The molecule has 19 heavy (non-hydrogen) atoms. The number of nitrogens with zero attached hydrogens (tertiary/aromatic N) is 2. The first kappa shape index (κ1) is 14.3. The summed E-state index contributed by atoms with van der Waals surface area (Å²) in [6, 6.07) is 4.06. The van der Waals surface area contributed by atoms with E-state index in [-0.39, 0.29) is 17.9 Å². The Balaban J connectivity index is 3.28. The highest BCUT2D eigenvalue weighted by molar-refractivity contribution is 5.77. The van der Waals surface area contributed by atoms with Gasteiger partial charge in [0.25, 0.3) is 5.69 Å². The molecule has 0 aliphatic heterocycles. The fourth-order valence-corrected chi connectivity index (χ4v) is 1.54. The zero-order valence-electron chi connectivity index (χ0n) is 10.2. The Hall–Kier alpha value is -2.75. The molecule has 7 heteroatoms. The van der Waals surface area contributed by atoms with Gasteiger partial charge in [-0.3, -0.25) is 14.9 Å². The monoisotopic (exact) mass is 264 g/mol. The van der Waals surface area contributed by atoms with Gasteiger partial charge in [-0.15, -0.1) is 6.42 Å². The van der Waals surface area contributed by atoms with Crippen molar-refractivity contribution in [2.45, 2.75) is 0 Å². The number of anilines is 1. The van der Waals surface area contributed by atoms with E-state index in [1.165, 1.54) is 30.2 Å². The summed E-state index contributed by atoms with van der Waals surface area (Å²) in [5, 5.41) is 19.8. The first-order valence-corrected chi connectivity index (χ1v) is 5.22. The summed E-state index contributed by atoms with van der Waals surface area (Å²) in [5.41, 5.74) is -0.109. The number of nitro benzene ring substituents is 1. The van der Waals surface area contributed by atoms with Gasteiger partial charge in [-0.25, -0.2) is 0 Å². The average molecular weight is 264 g/mol. The second-order valence-corrected chi connectivity index (χ2v) is 3.57. The third-order valence-electron chi connectivity index (χ3n) is 2.33. The van der Waals surface area contributed by atoms with Crippen LogP contribution in [0.25, 0.3) is 0 Å². The molecule has 0 spiro atoms. The third kappa shape index (κ3) is 3.61. The molecule has 100 valence electrons. The molecule has 0 unspecified atom stereocenters. The number of benzene rings is 1. The largest absolute Gasteiger partial charge is 0.497 e. The van der Waals surface area contributed by atoms with E-state index in [0.29, 0.717) is 5.75 Å². The Bertz CT molecular complexity index is 535. The fourth-order valence-electron chi connectivity index (χ4n) is 1.54. The number of ether oxygens (including phenoxy) is 1. The van der Waals surface area contributed by atoms with Crippen LogP contribution in [0.5, 0.6) is 5.75 Å². The topological polar surface area (TPSA) is 92.9 Å². The number of carboxylic acid groups (broad SMARTS) is 1. The summed E-state index contributed by atoms with van der Waals surface area (Å²) < 4.78 is 4.97. The van der Waals surface area contributed by atoms with Crippen LogP contribution in [0.1, 0.15) is 0 Å². The molecule has 0 aliphatic rings. The molecule has 0 aromatic heterocycles. The molecular formula is C12H12N2O5. The van der Waals surface area contributed by atoms with Crippen molar-refractivity contribution in [1.82, 2.24) is 0 Å². The van der Waals surface area contributed by atoms with Crippen LogP contribution >= 0.6 is 0 Å². The Morgan fingerprint density at radius 2 is 2.32 bits per heavy atom. The van der Waals surface area contributed by atoms with Crippen LogP contribution in [0.4, 0.5) is 11.4 Å².